The molecule has 9 heavy (non-hydrogen) atoms. The van der Waals surface area contributed by atoms with Crippen molar-refractivity contribution in [3.63, 3.8) is 0 Å². The Morgan fingerprint density at radius 3 is 1.33 bits per heavy atom. The monoisotopic (exact) mass is 258 g/mol. The van der Waals surface area contributed by atoms with E-state index in [1.165, 1.54) is 0 Å². The topological polar surface area (TPSA) is 74.6 Å². The van der Waals surface area contributed by atoms with Crippen molar-refractivity contribution in [1.82, 2.24) is 0 Å². The summed E-state index contributed by atoms with van der Waals surface area (Å²) >= 11 is 0. The smallest absolute Gasteiger partial charge is 0.328 e. The molecule has 0 aromatic heterocycles. The summed E-state index contributed by atoms with van der Waals surface area (Å²) in [7, 11) is 0. The van der Waals surface area contributed by atoms with E-state index in [0.29, 0.717) is 12.2 Å². The van der Waals surface area contributed by atoms with Crippen LogP contribution in [0.1, 0.15) is 0 Å². The minimum Gasteiger partial charge on any atom is -0.478 e. The third kappa shape index (κ3) is 11.5. The largest absolute Gasteiger partial charge is 0.478 e. The van der Waals surface area contributed by atoms with Gasteiger partial charge in [0.05, 0.1) is 0 Å². The van der Waals surface area contributed by atoms with E-state index in [2.05, 4.69) is 0 Å². The van der Waals surface area contributed by atoms with Gasteiger partial charge in [-0.3, -0.25) is 0 Å². The molecule has 2 N–H and O–H groups in total. The van der Waals surface area contributed by atoms with Crippen LogP contribution < -0.4 is 0 Å². The van der Waals surface area contributed by atoms with E-state index in [9.17, 15) is 9.59 Å². The van der Waals surface area contributed by atoms with E-state index in [4.69, 9.17) is 10.2 Å². The molecule has 0 aliphatic rings. The van der Waals surface area contributed by atoms with E-state index in [1.54, 1.807) is 0 Å². The molecule has 0 aromatic carbocycles. The fraction of sp³-hybridized carbons (Fsp3) is 0. The van der Waals surface area contributed by atoms with Gasteiger partial charge in [-0.2, -0.15) is 0 Å². The predicted molar refractivity (Wildman–Crippen MR) is 24.4 cm³/mol. The normalized spacial score (nSPS) is 8.44. The number of rotatable bonds is 2. The predicted octanol–water partition coefficient (Wildman–Crippen LogP) is -0.288. The van der Waals surface area contributed by atoms with Crippen molar-refractivity contribution in [1.29, 1.82) is 0 Å². The van der Waals surface area contributed by atoms with Gasteiger partial charge in [0.25, 0.3) is 0 Å². The molecule has 0 radical (unpaired) electrons. The fourth-order valence-corrected chi connectivity index (χ4v) is 0.143. The van der Waals surface area contributed by atoms with Gasteiger partial charge in [0, 0.05) is 53.0 Å². The first-order valence-corrected chi connectivity index (χ1v) is 1.77. The number of carboxylic acid groups (broad SMARTS) is 2. The van der Waals surface area contributed by atoms with Gasteiger partial charge in [-0.1, -0.05) is 0 Å². The summed E-state index contributed by atoms with van der Waals surface area (Å²) in [5.41, 5.74) is 0. The zero-order valence-electron chi connectivity index (χ0n) is 4.37. The minimum atomic E-state index is -1.26. The average Bonchev–Trinajstić information content (AvgIpc) is 1.61. The molecule has 0 unspecified atom stereocenters. The van der Waals surface area contributed by atoms with Crippen molar-refractivity contribution in [2.24, 2.45) is 0 Å². The molecule has 0 aliphatic carbocycles. The Labute approximate surface area is 84.1 Å². The van der Waals surface area contributed by atoms with Crippen molar-refractivity contribution in [3.8, 4) is 0 Å². The van der Waals surface area contributed by atoms with Crippen molar-refractivity contribution in [2.75, 3.05) is 0 Å². The molecule has 0 rings (SSSR count). The molecule has 0 bridgehead atoms. The van der Waals surface area contributed by atoms with Crippen LogP contribution in [-0.2, 0) is 9.59 Å². The van der Waals surface area contributed by atoms with Gasteiger partial charge in [0.2, 0.25) is 0 Å². The van der Waals surface area contributed by atoms with Crippen LogP contribution in [0, 0.1) is 40.8 Å². The molecule has 5 heteroatoms. The van der Waals surface area contributed by atoms with Gasteiger partial charge in [0.15, 0.2) is 0 Å². The second kappa shape index (κ2) is 6.16. The number of hydrogen-bond donors (Lipinski definition) is 2. The van der Waals surface area contributed by atoms with Gasteiger partial charge in [0.1, 0.15) is 0 Å². The maximum Gasteiger partial charge on any atom is 0.328 e. The van der Waals surface area contributed by atoms with Crippen LogP contribution in [0.3, 0.4) is 0 Å². The van der Waals surface area contributed by atoms with Crippen molar-refractivity contribution in [2.45, 2.75) is 0 Å². The van der Waals surface area contributed by atoms with Crippen LogP contribution in [-0.4, -0.2) is 22.2 Å². The molecular formula is C4H4NdO4. The molecule has 0 saturated carbocycles. The molecule has 0 heterocycles. The summed E-state index contributed by atoms with van der Waals surface area (Å²) in [6, 6.07) is 0. The number of carbonyl (C=O) groups is 2. The van der Waals surface area contributed by atoms with Crippen LogP contribution in [0.15, 0.2) is 12.2 Å². The molecule has 0 atom stereocenters. The third-order valence-electron chi connectivity index (χ3n) is 0.368. The summed E-state index contributed by atoms with van der Waals surface area (Å²) < 4.78 is 0. The summed E-state index contributed by atoms with van der Waals surface area (Å²) in [4.78, 5) is 19.1. The Hall–Kier alpha value is 0.0306. The van der Waals surface area contributed by atoms with E-state index in [0.717, 1.165) is 0 Å². The first kappa shape index (κ1) is 11.8. The first-order chi connectivity index (χ1) is 3.63. The standard InChI is InChI=1S/C4H4O4.Nd/c5-3(6)1-2-4(7)8;/h1-2H,(H,5,6)(H,7,8);/b2-1+;. The van der Waals surface area contributed by atoms with Gasteiger partial charge in [-0.15, -0.1) is 0 Å². The molecular weight excluding hydrogens is 256 g/mol. The maximum absolute atomic E-state index is 9.55. The number of aliphatic carboxylic acids is 2. The quantitative estimate of drug-likeness (QED) is 0.669. The molecule has 0 fully saturated rings. The summed E-state index contributed by atoms with van der Waals surface area (Å²) in [6.45, 7) is 0. The van der Waals surface area contributed by atoms with Gasteiger partial charge < -0.3 is 10.2 Å². The Balaban J connectivity index is 0. The molecule has 0 spiro atoms. The van der Waals surface area contributed by atoms with Gasteiger partial charge in [-0.25, -0.2) is 9.59 Å². The molecule has 4 nitrogen and oxygen atoms in total. The molecule has 0 aromatic rings. The van der Waals surface area contributed by atoms with Crippen molar-refractivity contribution in [3.05, 3.63) is 12.2 Å². The Morgan fingerprint density at radius 2 is 1.22 bits per heavy atom. The minimum absolute atomic E-state index is 0. The van der Waals surface area contributed by atoms with E-state index < -0.39 is 11.9 Å². The van der Waals surface area contributed by atoms with Crippen LogP contribution in [0.25, 0.3) is 0 Å². The SMILES string of the molecule is O=C(O)/C=C/C(=O)O.[Nd]. The van der Waals surface area contributed by atoms with Crippen LogP contribution >= 0.6 is 0 Å². The number of hydrogen-bond acceptors (Lipinski definition) is 2. The summed E-state index contributed by atoms with van der Waals surface area (Å²) in [5.74, 6) is -2.51. The number of carboxylic acids is 2. The Morgan fingerprint density at radius 1 is 1.00 bits per heavy atom. The molecule has 0 amide bonds. The zero-order chi connectivity index (χ0) is 6.57. The Kier molecular flexibility index (Phi) is 8.06. The molecule has 0 saturated heterocycles. The van der Waals surface area contributed by atoms with Gasteiger partial charge >= 0.3 is 11.9 Å². The van der Waals surface area contributed by atoms with Gasteiger partial charge in [-0.05, 0) is 0 Å². The summed E-state index contributed by atoms with van der Waals surface area (Å²) in [5, 5.41) is 15.6. The third-order valence-corrected chi connectivity index (χ3v) is 0.368. The second-order valence-corrected chi connectivity index (χ2v) is 1.01. The van der Waals surface area contributed by atoms with Crippen molar-refractivity contribution < 1.29 is 60.6 Å². The zero-order valence-corrected chi connectivity index (χ0v) is 7.57. The fourth-order valence-electron chi connectivity index (χ4n) is 0.143. The van der Waals surface area contributed by atoms with Crippen LogP contribution in [0.4, 0.5) is 0 Å². The van der Waals surface area contributed by atoms with E-state index >= 15 is 0 Å². The van der Waals surface area contributed by atoms with E-state index in [-0.39, 0.29) is 40.8 Å². The maximum atomic E-state index is 9.55. The van der Waals surface area contributed by atoms with E-state index in [1.807, 2.05) is 0 Å². The van der Waals surface area contributed by atoms with Crippen LogP contribution in [0.5, 0.6) is 0 Å². The summed E-state index contributed by atoms with van der Waals surface area (Å²) in [6.07, 6.45) is 1.12. The van der Waals surface area contributed by atoms with Crippen LogP contribution in [0.2, 0.25) is 0 Å². The van der Waals surface area contributed by atoms with Crippen molar-refractivity contribution >= 4 is 11.9 Å². The first-order valence-electron chi connectivity index (χ1n) is 1.77. The second-order valence-electron chi connectivity index (χ2n) is 1.01. The Bertz CT molecular complexity index is 124. The molecule has 0 aliphatic heterocycles. The average molecular weight is 260 g/mol. The molecule has 48 valence electrons.